The van der Waals surface area contributed by atoms with Crippen molar-refractivity contribution < 1.29 is 138 Å². The van der Waals surface area contributed by atoms with Gasteiger partial charge in [0.05, 0.1) is 23.3 Å². The second-order valence-electron chi connectivity index (χ2n) is 17.7. The summed E-state index contributed by atoms with van der Waals surface area (Å²) in [4.78, 5) is 67.6. The van der Waals surface area contributed by atoms with Crippen LogP contribution in [0.2, 0.25) is 0 Å². The molecule has 3 N–H and O–H groups in total. The summed E-state index contributed by atoms with van der Waals surface area (Å²) >= 11 is 0. The summed E-state index contributed by atoms with van der Waals surface area (Å²) in [5.41, 5.74) is 1.74. The largest absolute Gasteiger partial charge is 0.494 e. The van der Waals surface area contributed by atoms with E-state index in [1.807, 2.05) is 0 Å². The fourth-order valence-corrected chi connectivity index (χ4v) is 6.23. The van der Waals surface area contributed by atoms with Gasteiger partial charge in [-0.1, -0.05) is 36.4 Å². The molecular weight excluding hydrogens is 1230 g/mol. The molecule has 0 amide bonds. The Balaban J connectivity index is 0.000000288. The second-order valence-corrected chi connectivity index (χ2v) is 17.7. The molecule has 474 valence electrons. The van der Waals surface area contributed by atoms with Crippen LogP contribution in [0.4, 0.5) is 65.9 Å². The van der Waals surface area contributed by atoms with Gasteiger partial charge in [0.1, 0.15) is 34.5 Å². The summed E-state index contributed by atoms with van der Waals surface area (Å²) in [6.45, 7) is -0.530. The summed E-state index contributed by atoms with van der Waals surface area (Å²) in [5, 5.41) is 25.7. The van der Waals surface area contributed by atoms with Crippen LogP contribution in [0, 0.1) is 0 Å². The molecule has 0 fully saturated rings. The SMILES string of the molecule is CC(F)(F)C(F)(F)Oc1ccc(C(=O)Oc2ccc(C=CC(=O)O)cc2)cc1.O=C(O)/C=C/c1ccc(OC(=O)c2ccc(OC(F)(F)C(F)F)cc2)cc1.O=C(O)C=Cc1ccc(OC(=O)c2ccc(OCCCC(F)(F)C(F)(F)C(F)(F)F)cc2)cc1. The molecule has 0 bridgehead atoms. The van der Waals surface area contributed by atoms with Crippen molar-refractivity contribution in [2.75, 3.05) is 6.61 Å². The number of hydrogen-bond acceptors (Lipinski definition) is 12. The van der Waals surface area contributed by atoms with Crippen molar-refractivity contribution in [3.8, 4) is 34.5 Å². The molecule has 0 atom stereocenters. The normalized spacial score (nSPS) is 12.1. The summed E-state index contributed by atoms with van der Waals surface area (Å²) < 4.78 is 218. The van der Waals surface area contributed by atoms with E-state index >= 15 is 0 Å². The lowest BCUT2D eigenvalue weighted by atomic mass is 10.1. The van der Waals surface area contributed by atoms with E-state index in [1.54, 1.807) is 0 Å². The highest BCUT2D eigenvalue weighted by atomic mass is 19.4. The maximum Gasteiger partial charge on any atom is 0.463 e. The summed E-state index contributed by atoms with van der Waals surface area (Å²) in [5.74, 6) is -22.0. The molecule has 89 heavy (non-hydrogen) atoms. The lowest BCUT2D eigenvalue weighted by Crippen LogP contribution is -2.51. The molecule has 0 radical (unpaired) electrons. The fourth-order valence-electron chi connectivity index (χ4n) is 6.23. The van der Waals surface area contributed by atoms with E-state index in [2.05, 4.69) is 9.47 Å². The zero-order valence-corrected chi connectivity index (χ0v) is 44.9. The van der Waals surface area contributed by atoms with Gasteiger partial charge in [0.15, 0.2) is 0 Å². The Kier molecular flexibility index (Phi) is 24.7. The number of carbonyl (C=O) groups is 6. The maximum absolute atomic E-state index is 13.2. The molecule has 0 unspecified atom stereocenters. The van der Waals surface area contributed by atoms with Gasteiger partial charge in [-0.3, -0.25) is 0 Å². The van der Waals surface area contributed by atoms with Crippen LogP contribution in [0.3, 0.4) is 0 Å². The highest BCUT2D eigenvalue weighted by Gasteiger charge is 2.72. The van der Waals surface area contributed by atoms with Gasteiger partial charge in [0, 0.05) is 31.6 Å². The first-order chi connectivity index (χ1) is 41.4. The van der Waals surface area contributed by atoms with E-state index in [-0.39, 0.29) is 46.6 Å². The number of ether oxygens (including phenoxy) is 6. The van der Waals surface area contributed by atoms with E-state index in [0.29, 0.717) is 16.7 Å². The van der Waals surface area contributed by atoms with Crippen molar-refractivity contribution in [3.63, 3.8) is 0 Å². The minimum atomic E-state index is -6.37. The molecule has 0 aliphatic heterocycles. The third-order valence-corrected chi connectivity index (χ3v) is 10.8. The monoisotopic (exact) mass is 1280 g/mol. The van der Waals surface area contributed by atoms with E-state index in [9.17, 15) is 94.6 Å². The van der Waals surface area contributed by atoms with Crippen LogP contribution in [-0.2, 0) is 14.4 Å². The smallest absolute Gasteiger partial charge is 0.463 e. The summed E-state index contributed by atoms with van der Waals surface area (Å²) in [6, 6.07) is 30.9. The predicted octanol–water partition coefficient (Wildman–Crippen LogP) is 14.9. The van der Waals surface area contributed by atoms with E-state index in [1.165, 1.54) is 115 Å². The van der Waals surface area contributed by atoms with Crippen LogP contribution in [0.25, 0.3) is 18.2 Å². The number of carbonyl (C=O) groups excluding carboxylic acids is 3. The van der Waals surface area contributed by atoms with Crippen LogP contribution in [0.5, 0.6) is 34.5 Å². The van der Waals surface area contributed by atoms with Crippen molar-refractivity contribution in [2.24, 2.45) is 0 Å². The molecule has 6 aromatic rings. The Labute approximate surface area is 492 Å². The lowest BCUT2D eigenvalue weighted by molar-refractivity contribution is -0.355. The van der Waals surface area contributed by atoms with Crippen molar-refractivity contribution in [1.82, 2.24) is 0 Å². The Morgan fingerprint density at radius 3 is 1.00 bits per heavy atom. The first-order valence-electron chi connectivity index (χ1n) is 24.6. The van der Waals surface area contributed by atoms with Gasteiger partial charge >= 0.3 is 78.4 Å². The number of halogens is 15. The molecule has 0 aliphatic rings. The average molecular weight is 1280 g/mol. The average Bonchev–Trinajstić information content (AvgIpc) is 1.27. The molecule has 0 saturated heterocycles. The summed E-state index contributed by atoms with van der Waals surface area (Å²) in [7, 11) is 0. The molecule has 0 saturated carbocycles. The molecule has 15 nitrogen and oxygen atoms in total. The van der Waals surface area contributed by atoms with Crippen molar-refractivity contribution in [1.29, 1.82) is 0 Å². The third kappa shape index (κ3) is 22.8. The van der Waals surface area contributed by atoms with Gasteiger partial charge < -0.3 is 43.7 Å². The summed E-state index contributed by atoms with van der Waals surface area (Å²) in [6.07, 6.45) is -15.4. The van der Waals surface area contributed by atoms with Crippen LogP contribution < -0.4 is 28.4 Å². The molecule has 0 heterocycles. The molecular formula is C59H43F15O15. The van der Waals surface area contributed by atoms with E-state index < -0.39 is 109 Å². The predicted molar refractivity (Wildman–Crippen MR) is 282 cm³/mol. The number of esters is 3. The van der Waals surface area contributed by atoms with Crippen molar-refractivity contribution >= 4 is 54.0 Å². The third-order valence-electron chi connectivity index (χ3n) is 10.8. The van der Waals surface area contributed by atoms with Gasteiger partial charge in [0.25, 0.3) is 0 Å². The van der Waals surface area contributed by atoms with Gasteiger partial charge in [-0.15, -0.1) is 0 Å². The topological polar surface area (TPSA) is 218 Å². The number of benzene rings is 6. The Morgan fingerprint density at radius 2 is 0.719 bits per heavy atom. The second kappa shape index (κ2) is 30.9. The molecule has 30 heteroatoms. The first-order valence-corrected chi connectivity index (χ1v) is 24.6. The Bertz CT molecular complexity index is 3440. The van der Waals surface area contributed by atoms with Gasteiger partial charge in [-0.05, 0) is 151 Å². The van der Waals surface area contributed by atoms with Gasteiger partial charge in [-0.2, -0.15) is 65.9 Å². The first kappa shape index (κ1) is 71.2. The molecule has 6 aromatic carbocycles. The Morgan fingerprint density at radius 1 is 0.427 bits per heavy atom. The quantitative estimate of drug-likeness (QED) is 0.0169. The number of aliphatic carboxylic acids is 3. The number of hydrogen-bond donors (Lipinski definition) is 3. The lowest BCUT2D eigenvalue weighted by Gasteiger charge is -2.28. The number of carboxylic acids is 3. The molecule has 0 spiro atoms. The zero-order valence-electron chi connectivity index (χ0n) is 44.9. The van der Waals surface area contributed by atoms with Gasteiger partial charge in [0.2, 0.25) is 0 Å². The maximum atomic E-state index is 13.2. The molecule has 0 aliphatic carbocycles. The fraction of sp³-hybridized carbons (Fsp3) is 0.186. The zero-order chi connectivity index (χ0) is 66.5. The highest BCUT2D eigenvalue weighted by molar-refractivity contribution is 5.93. The minimum absolute atomic E-state index is 0.0161. The van der Waals surface area contributed by atoms with E-state index in [4.69, 9.17) is 34.3 Å². The number of rotatable bonds is 24. The minimum Gasteiger partial charge on any atom is -0.494 e. The van der Waals surface area contributed by atoms with Crippen LogP contribution in [0.1, 0.15) is 67.5 Å². The molecule has 0 aromatic heterocycles. The number of carboxylic acid groups (broad SMARTS) is 3. The van der Waals surface area contributed by atoms with Crippen LogP contribution in [-0.4, -0.2) is 100 Å². The highest BCUT2D eigenvalue weighted by Crippen LogP contribution is 2.48. The Hall–Kier alpha value is -10.3. The van der Waals surface area contributed by atoms with Crippen LogP contribution in [0.15, 0.2) is 164 Å². The molecule has 6 rings (SSSR count). The van der Waals surface area contributed by atoms with E-state index in [0.717, 1.165) is 66.8 Å². The van der Waals surface area contributed by atoms with Gasteiger partial charge in [-0.25, -0.2) is 28.8 Å². The van der Waals surface area contributed by atoms with Crippen molar-refractivity contribution in [3.05, 3.63) is 197 Å². The van der Waals surface area contributed by atoms with Crippen LogP contribution >= 0.6 is 0 Å². The van der Waals surface area contributed by atoms with Crippen molar-refractivity contribution in [2.45, 2.75) is 62.4 Å². The number of alkyl halides is 15. The standard InChI is InChI=1S/C22H17F7O5.C19H14F4O5.C18H12F4O5/c23-20(24,21(25,26)22(27,28)29)12-1-13-33-16-9-5-15(6-10-16)19(32)34-17-7-2-14(3-8-17)4-11-18(30)31;1-18(20,21)19(22,23)28-15-9-5-13(6-10-15)17(26)27-14-7-2-12(3-8-14)4-11-16(24)25;19-17(20)18(21,22)27-14-8-4-12(5-9-14)16(25)26-13-6-1-11(2-7-13)3-10-15(23)24/h2-11H,1,12-13H2,(H,30,31);2-11H,1H3,(H,24,25);1-10,17H,(H,23,24)/b;;10-3+.